The Morgan fingerprint density at radius 1 is 1.16 bits per heavy atom. The second-order valence-electron chi connectivity index (χ2n) is 11.2. The van der Waals surface area contributed by atoms with Crippen LogP contribution in [0.3, 0.4) is 0 Å². The predicted molar refractivity (Wildman–Crippen MR) is 142 cm³/mol. The van der Waals surface area contributed by atoms with Gasteiger partial charge >= 0.3 is 6.09 Å². The molecule has 1 aromatic heterocycles. The largest absolute Gasteiger partial charge is 0.444 e. The minimum atomic E-state index is -1.09. The predicted octanol–water partition coefficient (Wildman–Crippen LogP) is 4.11. The fourth-order valence-electron chi connectivity index (χ4n) is 5.05. The zero-order valence-electron chi connectivity index (χ0n) is 22.5. The molecule has 4 rings (SSSR count). The quantitative estimate of drug-likeness (QED) is 0.594. The average molecular weight is 518 g/mol. The highest BCUT2D eigenvalue weighted by molar-refractivity contribution is 5.96. The third-order valence-corrected chi connectivity index (χ3v) is 6.99. The van der Waals surface area contributed by atoms with Crippen molar-refractivity contribution in [2.24, 2.45) is 0 Å². The van der Waals surface area contributed by atoms with Crippen LogP contribution in [0.25, 0.3) is 11.1 Å². The van der Waals surface area contributed by atoms with Crippen molar-refractivity contribution in [2.45, 2.75) is 83.0 Å². The van der Waals surface area contributed by atoms with Gasteiger partial charge in [-0.3, -0.25) is 14.6 Å². The van der Waals surface area contributed by atoms with Crippen LogP contribution in [0, 0.1) is 11.3 Å². The van der Waals surface area contributed by atoms with Crippen LogP contribution in [0.5, 0.6) is 0 Å². The molecule has 2 N–H and O–H groups in total. The van der Waals surface area contributed by atoms with E-state index in [0.29, 0.717) is 31.5 Å². The van der Waals surface area contributed by atoms with E-state index in [0.717, 1.165) is 41.5 Å². The summed E-state index contributed by atoms with van der Waals surface area (Å²) in [5.74, 6) is -0.419. The molecule has 1 aliphatic carbocycles. The van der Waals surface area contributed by atoms with Crippen LogP contribution < -0.4 is 10.6 Å². The van der Waals surface area contributed by atoms with E-state index in [2.05, 4.69) is 21.7 Å². The number of rotatable bonds is 6. The molecule has 2 aliphatic rings. The number of amides is 3. The number of fused-ring (bicyclic) bond motifs is 1. The summed E-state index contributed by atoms with van der Waals surface area (Å²) in [7, 11) is 1.76. The van der Waals surface area contributed by atoms with E-state index in [1.807, 2.05) is 30.3 Å². The lowest BCUT2D eigenvalue weighted by Crippen LogP contribution is -2.61. The van der Waals surface area contributed by atoms with E-state index < -0.39 is 23.3 Å². The van der Waals surface area contributed by atoms with Gasteiger partial charge in [0.1, 0.15) is 22.9 Å². The Morgan fingerprint density at radius 2 is 1.84 bits per heavy atom. The molecule has 1 fully saturated rings. The maximum Gasteiger partial charge on any atom is 0.408 e. The van der Waals surface area contributed by atoms with Crippen LogP contribution in [0.2, 0.25) is 0 Å². The van der Waals surface area contributed by atoms with Gasteiger partial charge in [0.25, 0.3) is 5.91 Å². The summed E-state index contributed by atoms with van der Waals surface area (Å²) in [5, 5.41) is 15.5. The van der Waals surface area contributed by atoms with Gasteiger partial charge in [-0.15, -0.1) is 0 Å². The van der Waals surface area contributed by atoms with E-state index in [9.17, 15) is 19.6 Å². The molecule has 0 radical (unpaired) electrons. The van der Waals surface area contributed by atoms with Crippen molar-refractivity contribution in [3.8, 4) is 17.2 Å². The van der Waals surface area contributed by atoms with Gasteiger partial charge in [-0.2, -0.15) is 5.26 Å². The number of nitriles is 1. The fraction of sp³-hybridized carbons (Fsp3) is 0.483. The first-order valence-corrected chi connectivity index (χ1v) is 13.1. The zero-order chi connectivity index (χ0) is 27.5. The van der Waals surface area contributed by atoms with Gasteiger partial charge in [-0.05, 0) is 50.8 Å². The molecule has 1 aromatic carbocycles. The van der Waals surface area contributed by atoms with Gasteiger partial charge in [-0.1, -0.05) is 43.5 Å². The number of pyridine rings is 1. The Balaban J connectivity index is 1.42. The third-order valence-electron chi connectivity index (χ3n) is 6.99. The molecule has 2 aromatic rings. The fourth-order valence-corrected chi connectivity index (χ4v) is 5.05. The smallest absolute Gasteiger partial charge is 0.408 e. The summed E-state index contributed by atoms with van der Waals surface area (Å²) in [6, 6.07) is 11.2. The number of hydrogen-bond donors (Lipinski definition) is 2. The van der Waals surface area contributed by atoms with Crippen molar-refractivity contribution in [3.05, 3.63) is 53.3 Å². The number of nitrogens with zero attached hydrogens (tertiary/aromatic N) is 3. The highest BCUT2D eigenvalue weighted by atomic mass is 16.6. The monoisotopic (exact) mass is 517 g/mol. The molecule has 38 heavy (non-hydrogen) atoms. The Bertz CT molecular complexity index is 1250. The van der Waals surface area contributed by atoms with Crippen LogP contribution in [0.1, 0.15) is 74.5 Å². The Hall–Kier alpha value is -3.93. The minimum absolute atomic E-state index is 0.0669. The molecule has 0 spiro atoms. The normalized spacial score (nSPS) is 17.2. The lowest BCUT2D eigenvalue weighted by molar-refractivity contribution is -0.129. The molecule has 3 amide bonds. The molecular formula is C29H35N5O4. The van der Waals surface area contributed by atoms with Crippen LogP contribution >= 0.6 is 0 Å². The highest BCUT2D eigenvalue weighted by Gasteiger charge is 2.42. The molecule has 200 valence electrons. The Morgan fingerprint density at radius 3 is 2.47 bits per heavy atom. The number of aromatic nitrogens is 1. The Kier molecular flexibility index (Phi) is 7.72. The first-order chi connectivity index (χ1) is 18.0. The molecule has 1 unspecified atom stereocenters. The van der Waals surface area contributed by atoms with Crippen molar-refractivity contribution < 1.29 is 19.1 Å². The first-order valence-electron chi connectivity index (χ1n) is 13.1. The molecule has 1 saturated carbocycles. The van der Waals surface area contributed by atoms with Gasteiger partial charge < -0.3 is 20.3 Å². The summed E-state index contributed by atoms with van der Waals surface area (Å²) in [6.07, 6.45) is 5.01. The summed E-state index contributed by atoms with van der Waals surface area (Å²) in [5.41, 5.74) is 2.39. The summed E-state index contributed by atoms with van der Waals surface area (Å²) in [4.78, 5) is 44.0. The number of carbonyl (C=O) groups excluding carboxylic acids is 3. The molecule has 0 saturated heterocycles. The number of hydrogen-bond acceptors (Lipinski definition) is 6. The number of ether oxygens (including phenoxy) is 1. The molecule has 9 nitrogen and oxygen atoms in total. The second-order valence-corrected chi connectivity index (χ2v) is 11.2. The van der Waals surface area contributed by atoms with Crippen molar-refractivity contribution in [1.29, 1.82) is 5.26 Å². The van der Waals surface area contributed by atoms with Crippen molar-refractivity contribution in [1.82, 2.24) is 20.5 Å². The van der Waals surface area contributed by atoms with E-state index in [1.165, 1.54) is 0 Å². The van der Waals surface area contributed by atoms with Crippen LogP contribution in [0.4, 0.5) is 4.79 Å². The first kappa shape index (κ1) is 27.1. The van der Waals surface area contributed by atoms with E-state index in [1.54, 1.807) is 38.9 Å². The summed E-state index contributed by atoms with van der Waals surface area (Å²) >= 11 is 0. The highest BCUT2D eigenvalue weighted by Crippen LogP contribution is 2.30. The molecule has 0 bridgehead atoms. The van der Waals surface area contributed by atoms with Crippen molar-refractivity contribution >= 4 is 17.9 Å². The summed E-state index contributed by atoms with van der Waals surface area (Å²) in [6.45, 7) is 5.87. The van der Waals surface area contributed by atoms with Crippen molar-refractivity contribution in [2.75, 3.05) is 7.05 Å². The average Bonchev–Trinajstić information content (AvgIpc) is 3.15. The number of benzene rings is 1. The Labute approximate surface area is 223 Å². The van der Waals surface area contributed by atoms with Crippen molar-refractivity contribution in [3.63, 3.8) is 0 Å². The minimum Gasteiger partial charge on any atom is -0.444 e. The SMILES string of the molecule is CN1Cc2cc(-c3ccc(CC(C#N)NC(=O)C4(NC(=O)OC(C)(C)C)CCCCC4)cc3)cnc2C1=O. The second kappa shape index (κ2) is 10.8. The molecular weight excluding hydrogens is 482 g/mol. The third kappa shape index (κ3) is 6.13. The van der Waals surface area contributed by atoms with Gasteiger partial charge in [0.15, 0.2) is 0 Å². The van der Waals surface area contributed by atoms with Crippen LogP contribution in [-0.4, -0.2) is 52.0 Å². The summed E-state index contributed by atoms with van der Waals surface area (Å²) < 4.78 is 5.41. The number of carbonyl (C=O) groups is 3. The van der Waals surface area contributed by atoms with E-state index in [-0.39, 0.29) is 11.8 Å². The molecule has 9 heteroatoms. The number of alkyl carbamates (subject to hydrolysis) is 1. The molecule has 1 aliphatic heterocycles. The maximum atomic E-state index is 13.4. The van der Waals surface area contributed by atoms with Crippen LogP contribution in [0.15, 0.2) is 36.5 Å². The molecule has 2 heterocycles. The zero-order valence-corrected chi connectivity index (χ0v) is 22.5. The maximum absolute atomic E-state index is 13.4. The molecule has 1 atom stereocenters. The van der Waals surface area contributed by atoms with E-state index >= 15 is 0 Å². The topological polar surface area (TPSA) is 124 Å². The van der Waals surface area contributed by atoms with Gasteiger partial charge in [-0.25, -0.2) is 4.79 Å². The van der Waals surface area contributed by atoms with Crippen LogP contribution in [-0.2, 0) is 22.5 Å². The van der Waals surface area contributed by atoms with E-state index in [4.69, 9.17) is 4.74 Å². The van der Waals surface area contributed by atoms with Gasteiger partial charge in [0, 0.05) is 37.3 Å². The standard InChI is InChI=1S/C29H35N5O4/c1-28(2,3)38-27(37)33-29(12-6-5-7-13-29)26(36)32-23(16-30)14-19-8-10-20(11-9-19)21-15-22-18-34(4)25(35)24(22)31-17-21/h8-11,15,17,23H,5-7,12-14,18H2,1-4H3,(H,32,36)(H,33,37). The number of nitrogens with one attached hydrogen (secondary N) is 2. The lowest BCUT2D eigenvalue weighted by Gasteiger charge is -2.37. The lowest BCUT2D eigenvalue weighted by atomic mass is 9.80. The van der Waals surface area contributed by atoms with Gasteiger partial charge in [0.05, 0.1) is 6.07 Å². The van der Waals surface area contributed by atoms with Gasteiger partial charge in [0.2, 0.25) is 5.91 Å².